The lowest BCUT2D eigenvalue weighted by Gasteiger charge is -2.30. The van der Waals surface area contributed by atoms with Crippen molar-refractivity contribution in [2.45, 2.75) is 70.2 Å². The molecule has 2 aliphatic heterocycles. The Balaban J connectivity index is 1.65. The second-order valence-electron chi connectivity index (χ2n) is 10.5. The summed E-state index contributed by atoms with van der Waals surface area (Å²) in [6.07, 6.45) is 3.33. The van der Waals surface area contributed by atoms with Crippen LogP contribution in [0.4, 0.5) is 0 Å². The number of fused-ring (bicyclic) bond motifs is 1. The molecule has 8 nitrogen and oxygen atoms in total. The van der Waals surface area contributed by atoms with Crippen molar-refractivity contribution >= 4 is 27.0 Å². The maximum atomic E-state index is 13.5. The Bertz CT molecular complexity index is 1130. The molecule has 0 saturated carbocycles. The van der Waals surface area contributed by atoms with Crippen LogP contribution < -0.4 is 0 Å². The summed E-state index contributed by atoms with van der Waals surface area (Å²) in [4.78, 5) is 17.3. The summed E-state index contributed by atoms with van der Waals surface area (Å²) >= 11 is 0. The first-order valence-electron chi connectivity index (χ1n) is 12.4. The summed E-state index contributed by atoms with van der Waals surface area (Å²) in [5.41, 5.74) is 1.47. The van der Waals surface area contributed by atoms with Gasteiger partial charge < -0.3 is 14.0 Å². The fourth-order valence-corrected chi connectivity index (χ4v) is 6.52. The smallest absolute Gasteiger partial charge is 0.310 e. The van der Waals surface area contributed by atoms with Crippen LogP contribution >= 0.6 is 0 Å². The van der Waals surface area contributed by atoms with Gasteiger partial charge in [-0.1, -0.05) is 20.8 Å². The van der Waals surface area contributed by atoms with E-state index >= 15 is 0 Å². The van der Waals surface area contributed by atoms with E-state index in [0.717, 1.165) is 43.9 Å². The topological polar surface area (TPSA) is 90.7 Å². The molecule has 34 heavy (non-hydrogen) atoms. The van der Waals surface area contributed by atoms with Gasteiger partial charge in [0.1, 0.15) is 5.82 Å². The molecule has 1 atom stereocenters. The Hall–Kier alpha value is -1.97. The van der Waals surface area contributed by atoms with Crippen LogP contribution in [0.3, 0.4) is 0 Å². The van der Waals surface area contributed by atoms with Crippen molar-refractivity contribution in [3.8, 4) is 0 Å². The lowest BCUT2D eigenvalue weighted by Crippen LogP contribution is -2.42. The van der Waals surface area contributed by atoms with E-state index in [-0.39, 0.29) is 22.8 Å². The lowest BCUT2D eigenvalue weighted by atomic mass is 9.94. The quantitative estimate of drug-likeness (QED) is 0.572. The molecule has 0 amide bonds. The van der Waals surface area contributed by atoms with Crippen LogP contribution in [-0.4, -0.2) is 61.2 Å². The standard InChI is InChI=1S/C25H37N3O5S/c1-5-33-23(29)19-7-6-12-27(17-19)34(30,31)20-8-9-22-21(15-20)26-24(25(2,3)4)28(22)16-18-10-13-32-14-11-18/h8-9,15,18-19H,5-7,10-14,16-17H2,1-4H3/t19-/m0/s1. The van der Waals surface area contributed by atoms with Crippen LogP contribution in [0.5, 0.6) is 0 Å². The van der Waals surface area contributed by atoms with Crippen molar-refractivity contribution < 1.29 is 22.7 Å². The molecule has 0 unspecified atom stereocenters. The molecule has 0 spiro atoms. The zero-order valence-electron chi connectivity index (χ0n) is 20.7. The molecule has 0 bridgehead atoms. The Labute approximate surface area is 202 Å². The first-order valence-corrected chi connectivity index (χ1v) is 13.8. The third kappa shape index (κ3) is 5.16. The maximum absolute atomic E-state index is 13.5. The Morgan fingerprint density at radius 1 is 1.21 bits per heavy atom. The third-order valence-electron chi connectivity index (χ3n) is 6.81. The minimum Gasteiger partial charge on any atom is -0.466 e. The molecule has 1 aromatic carbocycles. The van der Waals surface area contributed by atoms with E-state index in [2.05, 4.69) is 25.3 Å². The van der Waals surface area contributed by atoms with E-state index in [1.807, 2.05) is 6.07 Å². The van der Waals surface area contributed by atoms with Crippen LogP contribution in [0, 0.1) is 11.8 Å². The lowest BCUT2D eigenvalue weighted by molar-refractivity contribution is -0.149. The number of hydrogen-bond acceptors (Lipinski definition) is 6. The predicted molar refractivity (Wildman–Crippen MR) is 130 cm³/mol. The molecule has 2 saturated heterocycles. The van der Waals surface area contributed by atoms with Crippen molar-refractivity contribution in [2.24, 2.45) is 11.8 Å². The molecule has 2 aliphatic rings. The predicted octanol–water partition coefficient (Wildman–Crippen LogP) is 3.72. The Morgan fingerprint density at radius 3 is 2.62 bits per heavy atom. The van der Waals surface area contributed by atoms with E-state index in [1.165, 1.54) is 4.31 Å². The van der Waals surface area contributed by atoms with E-state index < -0.39 is 15.9 Å². The van der Waals surface area contributed by atoms with Crippen molar-refractivity contribution in [1.82, 2.24) is 13.9 Å². The monoisotopic (exact) mass is 491 g/mol. The number of aromatic nitrogens is 2. The summed E-state index contributed by atoms with van der Waals surface area (Å²) in [6.45, 7) is 11.4. The van der Waals surface area contributed by atoms with Crippen LogP contribution in [-0.2, 0) is 36.3 Å². The van der Waals surface area contributed by atoms with Gasteiger partial charge in [0.05, 0.1) is 28.5 Å². The number of benzene rings is 1. The fraction of sp³-hybridized carbons (Fsp3) is 0.680. The molecule has 188 valence electrons. The number of nitrogens with zero attached hydrogens (tertiary/aromatic N) is 3. The van der Waals surface area contributed by atoms with Gasteiger partial charge in [0.15, 0.2) is 0 Å². The van der Waals surface area contributed by atoms with Crippen molar-refractivity contribution in [2.75, 3.05) is 32.9 Å². The highest BCUT2D eigenvalue weighted by atomic mass is 32.2. The number of rotatable bonds is 6. The van der Waals surface area contributed by atoms with Gasteiger partial charge in [0, 0.05) is 38.3 Å². The average molecular weight is 492 g/mol. The van der Waals surface area contributed by atoms with Crippen molar-refractivity contribution in [3.63, 3.8) is 0 Å². The molecule has 4 rings (SSSR count). The number of ether oxygens (including phenoxy) is 2. The number of carbonyl (C=O) groups excluding carboxylic acids is 1. The first kappa shape index (κ1) is 25.1. The van der Waals surface area contributed by atoms with E-state index in [1.54, 1.807) is 19.1 Å². The Kier molecular flexibility index (Phi) is 7.36. The SMILES string of the molecule is CCOC(=O)[C@H]1CCCN(S(=O)(=O)c2ccc3c(c2)nc(C(C)(C)C)n3CC2CCOCC2)C1. The number of piperidine rings is 1. The van der Waals surface area contributed by atoms with E-state index in [9.17, 15) is 13.2 Å². The minimum absolute atomic E-state index is 0.157. The van der Waals surface area contributed by atoms with Gasteiger partial charge in [0.2, 0.25) is 10.0 Å². The number of carbonyl (C=O) groups is 1. The summed E-state index contributed by atoms with van der Waals surface area (Å²) in [7, 11) is -3.74. The number of hydrogen-bond donors (Lipinski definition) is 0. The second-order valence-corrected chi connectivity index (χ2v) is 12.4. The number of imidazole rings is 1. The van der Waals surface area contributed by atoms with Gasteiger partial charge in [-0.2, -0.15) is 4.31 Å². The molecule has 1 aromatic heterocycles. The van der Waals surface area contributed by atoms with E-state index in [0.29, 0.717) is 37.4 Å². The van der Waals surface area contributed by atoms with Crippen molar-refractivity contribution in [3.05, 3.63) is 24.0 Å². The zero-order valence-corrected chi connectivity index (χ0v) is 21.6. The highest BCUT2D eigenvalue weighted by Crippen LogP contribution is 2.32. The van der Waals surface area contributed by atoms with Gasteiger partial charge in [-0.15, -0.1) is 0 Å². The minimum atomic E-state index is -3.74. The summed E-state index contributed by atoms with van der Waals surface area (Å²) in [6, 6.07) is 5.26. The molecule has 0 aliphatic carbocycles. The summed E-state index contributed by atoms with van der Waals surface area (Å²) in [5, 5.41) is 0. The average Bonchev–Trinajstić information content (AvgIpc) is 3.18. The van der Waals surface area contributed by atoms with Crippen LogP contribution in [0.25, 0.3) is 11.0 Å². The van der Waals surface area contributed by atoms with Crippen LogP contribution in [0.15, 0.2) is 23.1 Å². The molecule has 2 fully saturated rings. The molecule has 0 N–H and O–H groups in total. The molecule has 9 heteroatoms. The fourth-order valence-electron chi connectivity index (χ4n) is 4.98. The Morgan fingerprint density at radius 2 is 1.94 bits per heavy atom. The van der Waals surface area contributed by atoms with Gasteiger partial charge in [-0.25, -0.2) is 13.4 Å². The molecular formula is C25H37N3O5S. The second kappa shape index (κ2) is 9.95. The number of esters is 1. The van der Waals surface area contributed by atoms with Gasteiger partial charge in [-0.3, -0.25) is 4.79 Å². The molecule has 0 radical (unpaired) electrons. The van der Waals surface area contributed by atoms with Crippen LogP contribution in [0.1, 0.15) is 59.2 Å². The third-order valence-corrected chi connectivity index (χ3v) is 8.68. The van der Waals surface area contributed by atoms with Gasteiger partial charge in [-0.05, 0) is 56.7 Å². The molecular weight excluding hydrogens is 454 g/mol. The highest BCUT2D eigenvalue weighted by molar-refractivity contribution is 7.89. The zero-order chi connectivity index (χ0) is 24.5. The van der Waals surface area contributed by atoms with E-state index in [4.69, 9.17) is 14.5 Å². The summed E-state index contributed by atoms with van der Waals surface area (Å²) in [5.74, 6) is 0.741. The number of sulfonamides is 1. The summed E-state index contributed by atoms with van der Waals surface area (Å²) < 4.78 is 41.3. The van der Waals surface area contributed by atoms with Crippen molar-refractivity contribution in [1.29, 1.82) is 0 Å². The normalized spacial score (nSPS) is 21.1. The van der Waals surface area contributed by atoms with Gasteiger partial charge in [0.25, 0.3) is 0 Å². The molecule has 2 aromatic rings. The first-order chi connectivity index (χ1) is 16.1. The maximum Gasteiger partial charge on any atom is 0.310 e. The van der Waals surface area contributed by atoms with Crippen LogP contribution in [0.2, 0.25) is 0 Å². The largest absolute Gasteiger partial charge is 0.466 e. The highest BCUT2D eigenvalue weighted by Gasteiger charge is 2.34. The van der Waals surface area contributed by atoms with Gasteiger partial charge >= 0.3 is 5.97 Å². The molecule has 3 heterocycles.